The van der Waals surface area contributed by atoms with E-state index in [1.165, 1.54) is 19.5 Å². The minimum absolute atomic E-state index is 1.18. The number of rotatable bonds is 1. The average molecular weight is 125 g/mol. The summed E-state index contributed by atoms with van der Waals surface area (Å²) in [6.07, 6.45) is 1.23. The van der Waals surface area contributed by atoms with Crippen LogP contribution >= 0.6 is 0 Å². The fourth-order valence-electron chi connectivity index (χ4n) is 1.45. The zero-order valence-electron chi connectivity index (χ0n) is 6.57. The minimum atomic E-state index is 1.18. The van der Waals surface area contributed by atoms with Crippen LogP contribution in [-0.4, -0.2) is 25.0 Å². The molecule has 1 heterocycles. The molecule has 0 spiro atoms. The molecule has 9 heavy (non-hydrogen) atoms. The van der Waals surface area contributed by atoms with Crippen LogP contribution in [0.1, 0.15) is 20.3 Å². The first-order chi connectivity index (χ1) is 4.24. The molecule has 0 aromatic rings. The lowest BCUT2D eigenvalue weighted by atomic mass is 10.1. The number of likely N-dealkylation sites (N-methyl/N-ethyl adjacent to an activating group) is 1. The van der Waals surface area contributed by atoms with Crippen LogP contribution in [0.15, 0.2) is 11.1 Å². The summed E-state index contributed by atoms with van der Waals surface area (Å²) in [6, 6.07) is 0. The summed E-state index contributed by atoms with van der Waals surface area (Å²) in [5.74, 6) is 0. The molecule has 0 aromatic carbocycles. The predicted octanol–water partition coefficient (Wildman–Crippen LogP) is 1.66. The van der Waals surface area contributed by atoms with Gasteiger partial charge in [-0.2, -0.15) is 0 Å². The monoisotopic (exact) mass is 125 g/mol. The first kappa shape index (κ1) is 6.81. The summed E-state index contributed by atoms with van der Waals surface area (Å²) >= 11 is 0. The summed E-state index contributed by atoms with van der Waals surface area (Å²) in [4.78, 5) is 2.36. The van der Waals surface area contributed by atoms with Crippen molar-refractivity contribution < 1.29 is 0 Å². The topological polar surface area (TPSA) is 3.24 Å². The molecule has 1 rings (SSSR count). The largest absolute Gasteiger partial charge is 0.299 e. The van der Waals surface area contributed by atoms with Gasteiger partial charge in [-0.05, 0) is 20.4 Å². The Morgan fingerprint density at radius 3 is 2.33 bits per heavy atom. The summed E-state index contributed by atoms with van der Waals surface area (Å²) < 4.78 is 0. The highest BCUT2D eigenvalue weighted by atomic mass is 15.1. The fraction of sp³-hybridized carbons (Fsp3) is 0.750. The van der Waals surface area contributed by atoms with Gasteiger partial charge in [-0.3, -0.25) is 4.90 Å². The van der Waals surface area contributed by atoms with Gasteiger partial charge in [0.15, 0.2) is 0 Å². The summed E-state index contributed by atoms with van der Waals surface area (Å²) in [7, 11) is 2.17. The standard InChI is InChI=1S/C8H15N/c1-4-8-6-9(3)5-7(8)2/h4-6H2,1-3H3. The molecule has 0 atom stereocenters. The molecule has 0 aromatic heterocycles. The van der Waals surface area contributed by atoms with Crippen molar-refractivity contribution >= 4 is 0 Å². The maximum atomic E-state index is 2.36. The van der Waals surface area contributed by atoms with Crippen LogP contribution in [0.25, 0.3) is 0 Å². The molecule has 1 aliphatic rings. The molecule has 0 amide bonds. The Bertz CT molecular complexity index is 136. The van der Waals surface area contributed by atoms with Crippen LogP contribution in [0.4, 0.5) is 0 Å². The van der Waals surface area contributed by atoms with Gasteiger partial charge in [-0.25, -0.2) is 0 Å². The SMILES string of the molecule is CCC1=C(C)CN(C)C1. The van der Waals surface area contributed by atoms with Crippen molar-refractivity contribution in [2.24, 2.45) is 0 Å². The molecular weight excluding hydrogens is 110 g/mol. The molecule has 1 nitrogen and oxygen atoms in total. The average Bonchev–Trinajstić information content (AvgIpc) is 2.10. The lowest BCUT2D eigenvalue weighted by Crippen LogP contribution is -2.14. The van der Waals surface area contributed by atoms with Gasteiger partial charge in [0, 0.05) is 13.1 Å². The molecule has 0 N–H and O–H groups in total. The van der Waals surface area contributed by atoms with E-state index in [1.807, 2.05) is 0 Å². The van der Waals surface area contributed by atoms with Crippen molar-refractivity contribution in [3.8, 4) is 0 Å². The number of hydrogen-bond acceptors (Lipinski definition) is 1. The van der Waals surface area contributed by atoms with E-state index in [1.54, 1.807) is 11.1 Å². The van der Waals surface area contributed by atoms with E-state index in [9.17, 15) is 0 Å². The van der Waals surface area contributed by atoms with Gasteiger partial charge in [0.25, 0.3) is 0 Å². The summed E-state index contributed by atoms with van der Waals surface area (Å²) in [5, 5.41) is 0. The lowest BCUT2D eigenvalue weighted by Gasteiger charge is -2.05. The Labute approximate surface area is 57.4 Å². The third-order valence-corrected chi connectivity index (χ3v) is 2.00. The smallest absolute Gasteiger partial charge is 0.0196 e. The third kappa shape index (κ3) is 1.33. The summed E-state index contributed by atoms with van der Waals surface area (Å²) in [6.45, 7) is 6.85. The van der Waals surface area contributed by atoms with Crippen molar-refractivity contribution in [3.05, 3.63) is 11.1 Å². The molecule has 0 saturated carbocycles. The zero-order chi connectivity index (χ0) is 6.85. The van der Waals surface area contributed by atoms with E-state index in [0.29, 0.717) is 0 Å². The van der Waals surface area contributed by atoms with Crippen LogP contribution in [0, 0.1) is 0 Å². The molecule has 52 valence electrons. The quantitative estimate of drug-likeness (QED) is 0.482. The maximum absolute atomic E-state index is 2.36. The molecule has 0 unspecified atom stereocenters. The van der Waals surface area contributed by atoms with Gasteiger partial charge in [0.1, 0.15) is 0 Å². The molecule has 0 bridgehead atoms. The number of hydrogen-bond donors (Lipinski definition) is 0. The highest BCUT2D eigenvalue weighted by Crippen LogP contribution is 2.17. The first-order valence-electron chi connectivity index (χ1n) is 3.60. The van der Waals surface area contributed by atoms with Gasteiger partial charge in [0.05, 0.1) is 0 Å². The Morgan fingerprint density at radius 2 is 2.11 bits per heavy atom. The van der Waals surface area contributed by atoms with Crippen LogP contribution in [-0.2, 0) is 0 Å². The normalized spacial score (nSPS) is 21.7. The van der Waals surface area contributed by atoms with E-state index in [2.05, 4.69) is 25.8 Å². The van der Waals surface area contributed by atoms with Gasteiger partial charge in [0.2, 0.25) is 0 Å². The molecule has 0 radical (unpaired) electrons. The Morgan fingerprint density at radius 1 is 1.44 bits per heavy atom. The van der Waals surface area contributed by atoms with Crippen LogP contribution in [0.2, 0.25) is 0 Å². The molecule has 0 saturated heterocycles. The molecule has 0 aliphatic carbocycles. The third-order valence-electron chi connectivity index (χ3n) is 2.00. The second-order valence-corrected chi connectivity index (χ2v) is 2.91. The van der Waals surface area contributed by atoms with E-state index in [-0.39, 0.29) is 0 Å². The van der Waals surface area contributed by atoms with Gasteiger partial charge in [-0.1, -0.05) is 18.1 Å². The van der Waals surface area contributed by atoms with E-state index < -0.39 is 0 Å². The molecule has 0 fully saturated rings. The van der Waals surface area contributed by atoms with Crippen LogP contribution < -0.4 is 0 Å². The van der Waals surface area contributed by atoms with E-state index in [0.717, 1.165) is 0 Å². The highest BCUT2D eigenvalue weighted by molar-refractivity contribution is 5.19. The van der Waals surface area contributed by atoms with Crippen molar-refractivity contribution in [2.75, 3.05) is 20.1 Å². The van der Waals surface area contributed by atoms with E-state index >= 15 is 0 Å². The van der Waals surface area contributed by atoms with E-state index in [4.69, 9.17) is 0 Å². The van der Waals surface area contributed by atoms with Crippen molar-refractivity contribution in [2.45, 2.75) is 20.3 Å². The Hall–Kier alpha value is -0.300. The summed E-state index contributed by atoms with van der Waals surface area (Å²) in [5.41, 5.74) is 3.22. The van der Waals surface area contributed by atoms with Gasteiger partial charge < -0.3 is 0 Å². The molecule has 1 aliphatic heterocycles. The maximum Gasteiger partial charge on any atom is 0.0196 e. The second kappa shape index (κ2) is 2.53. The van der Waals surface area contributed by atoms with Crippen LogP contribution in [0.3, 0.4) is 0 Å². The number of nitrogens with zero attached hydrogens (tertiary/aromatic N) is 1. The highest BCUT2D eigenvalue weighted by Gasteiger charge is 2.12. The molecule has 1 heteroatoms. The minimum Gasteiger partial charge on any atom is -0.299 e. The fourth-order valence-corrected chi connectivity index (χ4v) is 1.45. The van der Waals surface area contributed by atoms with Crippen molar-refractivity contribution in [3.63, 3.8) is 0 Å². The van der Waals surface area contributed by atoms with Crippen LogP contribution in [0.5, 0.6) is 0 Å². The Kier molecular flexibility index (Phi) is 1.91. The van der Waals surface area contributed by atoms with Gasteiger partial charge >= 0.3 is 0 Å². The Balaban J connectivity index is 2.58. The zero-order valence-corrected chi connectivity index (χ0v) is 6.57. The second-order valence-electron chi connectivity index (χ2n) is 2.91. The van der Waals surface area contributed by atoms with Crippen molar-refractivity contribution in [1.29, 1.82) is 0 Å². The molecular formula is C8H15N. The van der Waals surface area contributed by atoms with Gasteiger partial charge in [-0.15, -0.1) is 0 Å². The lowest BCUT2D eigenvalue weighted by molar-refractivity contribution is 0.422. The predicted molar refractivity (Wildman–Crippen MR) is 40.5 cm³/mol. The van der Waals surface area contributed by atoms with Crippen molar-refractivity contribution in [1.82, 2.24) is 4.90 Å². The first-order valence-corrected chi connectivity index (χ1v) is 3.60.